The minimum atomic E-state index is -1.93. The van der Waals surface area contributed by atoms with E-state index in [1.165, 1.54) is 0 Å². The van der Waals surface area contributed by atoms with E-state index in [9.17, 15) is 19.8 Å². The summed E-state index contributed by atoms with van der Waals surface area (Å²) in [6, 6.07) is 25.6. The van der Waals surface area contributed by atoms with Crippen molar-refractivity contribution in [2.24, 2.45) is 0 Å². The van der Waals surface area contributed by atoms with E-state index in [1.807, 2.05) is 60.7 Å². The second kappa shape index (κ2) is 8.32. The third kappa shape index (κ3) is 3.87. The topological polar surface area (TPSA) is 98.7 Å². The van der Waals surface area contributed by atoms with Gasteiger partial charge in [-0.25, -0.2) is 0 Å². The number of fused-ring (bicyclic) bond motifs is 2. The monoisotopic (exact) mass is 400 g/mol. The number of anilines is 2. The van der Waals surface area contributed by atoms with Crippen LogP contribution in [0.15, 0.2) is 84.9 Å². The Bertz CT molecular complexity index is 1130. The van der Waals surface area contributed by atoms with Crippen LogP contribution in [-0.2, 0) is 9.59 Å². The van der Waals surface area contributed by atoms with Gasteiger partial charge in [0.05, 0.1) is 0 Å². The zero-order valence-electron chi connectivity index (χ0n) is 15.9. The molecule has 0 aliphatic rings. The number of rotatable bonds is 5. The quantitative estimate of drug-likeness (QED) is 0.413. The first-order valence-electron chi connectivity index (χ1n) is 9.48. The predicted molar refractivity (Wildman–Crippen MR) is 117 cm³/mol. The van der Waals surface area contributed by atoms with Crippen LogP contribution in [0, 0.1) is 0 Å². The van der Waals surface area contributed by atoms with Crippen LogP contribution in [0.25, 0.3) is 21.5 Å². The molecule has 0 spiro atoms. The van der Waals surface area contributed by atoms with Crippen molar-refractivity contribution in [2.75, 3.05) is 10.6 Å². The average molecular weight is 400 g/mol. The lowest BCUT2D eigenvalue weighted by molar-refractivity contribution is -0.139. The molecule has 30 heavy (non-hydrogen) atoms. The summed E-state index contributed by atoms with van der Waals surface area (Å²) in [6.07, 6.45) is -3.86. The fraction of sp³-hybridized carbons (Fsp3) is 0.0833. The highest BCUT2D eigenvalue weighted by molar-refractivity contribution is 6.08. The standard InChI is InChI=1S/C24H20N2O4/c27-21(23(29)25-19-13-5-9-15-7-1-3-11-17(15)19)22(28)24(30)26-20-14-6-10-16-8-2-4-12-18(16)20/h1-14,21-22,27-28H,(H,25,29)(H,26,30). The Labute approximate surface area is 172 Å². The zero-order valence-corrected chi connectivity index (χ0v) is 15.9. The molecule has 0 saturated carbocycles. The maximum absolute atomic E-state index is 12.5. The van der Waals surface area contributed by atoms with Crippen molar-refractivity contribution in [1.82, 2.24) is 0 Å². The molecular formula is C24H20N2O4. The highest BCUT2D eigenvalue weighted by Crippen LogP contribution is 2.24. The number of carbonyl (C=O) groups excluding carboxylic acids is 2. The maximum Gasteiger partial charge on any atom is 0.256 e. The van der Waals surface area contributed by atoms with Gasteiger partial charge in [0.15, 0.2) is 12.2 Å². The van der Waals surface area contributed by atoms with Gasteiger partial charge in [-0.15, -0.1) is 0 Å². The van der Waals surface area contributed by atoms with Crippen LogP contribution in [0.3, 0.4) is 0 Å². The molecule has 2 atom stereocenters. The number of carbonyl (C=O) groups is 2. The molecule has 0 aromatic heterocycles. The molecule has 4 aromatic carbocycles. The molecule has 6 heteroatoms. The van der Waals surface area contributed by atoms with Crippen molar-refractivity contribution in [2.45, 2.75) is 12.2 Å². The van der Waals surface area contributed by atoms with Crippen molar-refractivity contribution < 1.29 is 19.8 Å². The fourth-order valence-corrected chi connectivity index (χ4v) is 3.37. The Hall–Kier alpha value is -3.74. The van der Waals surface area contributed by atoms with E-state index in [0.29, 0.717) is 11.4 Å². The number of nitrogens with one attached hydrogen (secondary N) is 2. The first-order valence-corrected chi connectivity index (χ1v) is 9.48. The summed E-state index contributed by atoms with van der Waals surface area (Å²) in [5.41, 5.74) is 0.970. The molecule has 2 unspecified atom stereocenters. The van der Waals surface area contributed by atoms with Crippen LogP contribution in [0.2, 0.25) is 0 Å². The number of aliphatic hydroxyl groups is 2. The molecule has 0 fully saturated rings. The molecule has 0 heterocycles. The number of hydrogen-bond donors (Lipinski definition) is 4. The minimum absolute atomic E-state index is 0.485. The van der Waals surface area contributed by atoms with Crippen LogP contribution in [0.5, 0.6) is 0 Å². The first kappa shape index (κ1) is 19.6. The summed E-state index contributed by atoms with van der Waals surface area (Å²) < 4.78 is 0. The van der Waals surface area contributed by atoms with Crippen LogP contribution in [0.1, 0.15) is 0 Å². The number of aliphatic hydroxyl groups excluding tert-OH is 2. The first-order chi connectivity index (χ1) is 14.5. The van der Waals surface area contributed by atoms with E-state index in [1.54, 1.807) is 24.3 Å². The Morgan fingerprint density at radius 3 is 1.37 bits per heavy atom. The molecule has 6 nitrogen and oxygen atoms in total. The third-order valence-electron chi connectivity index (χ3n) is 4.93. The van der Waals surface area contributed by atoms with Crippen LogP contribution < -0.4 is 10.6 Å². The van der Waals surface area contributed by atoms with Gasteiger partial charge >= 0.3 is 0 Å². The smallest absolute Gasteiger partial charge is 0.256 e. The summed E-state index contributed by atoms with van der Waals surface area (Å²) in [7, 11) is 0. The molecule has 0 aliphatic heterocycles. The maximum atomic E-state index is 12.5. The Balaban J connectivity index is 1.49. The van der Waals surface area contributed by atoms with Crippen molar-refractivity contribution in [3.63, 3.8) is 0 Å². The van der Waals surface area contributed by atoms with E-state index in [-0.39, 0.29) is 0 Å². The van der Waals surface area contributed by atoms with Crippen LogP contribution in [-0.4, -0.2) is 34.2 Å². The summed E-state index contributed by atoms with van der Waals surface area (Å²) in [5.74, 6) is -1.74. The van der Waals surface area contributed by atoms with Crippen molar-refractivity contribution in [1.29, 1.82) is 0 Å². The van der Waals surface area contributed by atoms with Gasteiger partial charge in [0.25, 0.3) is 11.8 Å². The summed E-state index contributed by atoms with van der Waals surface area (Å²) in [4.78, 5) is 24.9. The summed E-state index contributed by atoms with van der Waals surface area (Å²) in [6.45, 7) is 0. The zero-order chi connectivity index (χ0) is 21.1. The highest BCUT2D eigenvalue weighted by atomic mass is 16.3. The summed E-state index contributed by atoms with van der Waals surface area (Å²) >= 11 is 0. The lowest BCUT2D eigenvalue weighted by Crippen LogP contribution is -2.45. The van der Waals surface area contributed by atoms with Gasteiger partial charge in [-0.1, -0.05) is 72.8 Å². The van der Waals surface area contributed by atoms with Gasteiger partial charge in [-0.2, -0.15) is 0 Å². The van der Waals surface area contributed by atoms with Gasteiger partial charge in [-0.05, 0) is 22.9 Å². The van der Waals surface area contributed by atoms with Crippen molar-refractivity contribution >= 4 is 44.7 Å². The van der Waals surface area contributed by atoms with E-state index < -0.39 is 24.0 Å². The Morgan fingerprint density at radius 2 is 0.933 bits per heavy atom. The number of benzene rings is 4. The average Bonchev–Trinajstić information content (AvgIpc) is 2.78. The molecule has 0 saturated heterocycles. The van der Waals surface area contributed by atoms with E-state index in [4.69, 9.17) is 0 Å². The van der Waals surface area contributed by atoms with Gasteiger partial charge in [-0.3, -0.25) is 9.59 Å². The van der Waals surface area contributed by atoms with Crippen LogP contribution >= 0.6 is 0 Å². The van der Waals surface area contributed by atoms with Gasteiger partial charge in [0.1, 0.15) is 0 Å². The van der Waals surface area contributed by atoms with Gasteiger partial charge in [0.2, 0.25) is 0 Å². The Morgan fingerprint density at radius 1 is 0.567 bits per heavy atom. The fourth-order valence-electron chi connectivity index (χ4n) is 3.37. The minimum Gasteiger partial charge on any atom is -0.380 e. The van der Waals surface area contributed by atoms with Crippen LogP contribution in [0.4, 0.5) is 11.4 Å². The lowest BCUT2D eigenvalue weighted by Gasteiger charge is -2.18. The van der Waals surface area contributed by atoms with E-state index in [2.05, 4.69) is 10.6 Å². The molecule has 0 radical (unpaired) electrons. The molecular weight excluding hydrogens is 380 g/mol. The molecule has 4 N–H and O–H groups in total. The highest BCUT2D eigenvalue weighted by Gasteiger charge is 2.31. The summed E-state index contributed by atoms with van der Waals surface area (Å²) in [5, 5.41) is 29.1. The second-order valence-electron chi connectivity index (χ2n) is 6.92. The normalized spacial score (nSPS) is 13.0. The van der Waals surface area contributed by atoms with Gasteiger partial charge < -0.3 is 20.8 Å². The predicted octanol–water partition coefficient (Wildman–Crippen LogP) is 3.29. The van der Waals surface area contributed by atoms with E-state index >= 15 is 0 Å². The lowest BCUT2D eigenvalue weighted by atomic mass is 10.1. The molecule has 0 bridgehead atoms. The van der Waals surface area contributed by atoms with E-state index in [0.717, 1.165) is 21.5 Å². The molecule has 150 valence electrons. The molecule has 4 rings (SSSR count). The van der Waals surface area contributed by atoms with Gasteiger partial charge in [0, 0.05) is 22.1 Å². The molecule has 4 aromatic rings. The largest absolute Gasteiger partial charge is 0.380 e. The third-order valence-corrected chi connectivity index (χ3v) is 4.93. The second-order valence-corrected chi connectivity index (χ2v) is 6.92. The molecule has 2 amide bonds. The van der Waals surface area contributed by atoms with Crippen molar-refractivity contribution in [3.05, 3.63) is 84.9 Å². The Kier molecular flexibility index (Phi) is 5.43. The SMILES string of the molecule is O=C(Nc1cccc2ccccc12)C(O)C(O)C(=O)Nc1cccc2ccccc12. The number of hydrogen-bond acceptors (Lipinski definition) is 4. The molecule has 0 aliphatic carbocycles. The number of amides is 2. The van der Waals surface area contributed by atoms with Crippen molar-refractivity contribution in [3.8, 4) is 0 Å².